The molecule has 0 fully saturated rings. The molecule has 0 aliphatic heterocycles. The van der Waals surface area contributed by atoms with Crippen LogP contribution in [0.25, 0.3) is 0 Å². The third-order valence-electron chi connectivity index (χ3n) is 3.00. The third kappa shape index (κ3) is 2.96. The van der Waals surface area contributed by atoms with Gasteiger partial charge in [-0.15, -0.1) is 11.3 Å². The van der Waals surface area contributed by atoms with Gasteiger partial charge in [0.1, 0.15) is 5.56 Å². The molecular formula is C14H17N3O2S. The fourth-order valence-corrected chi connectivity index (χ4v) is 2.95. The standard InChI is InChI=1S/C14H17N3O2S/c1-7-5-12(18)11(6-15-7)14(19)16-8(2)13-9(3)20-10(4)17-13/h5-6,8H,1-4H3,(H,15,18)(H,16,19)/t8-/m1/s1. The number of rotatable bonds is 3. The van der Waals surface area contributed by atoms with Gasteiger partial charge in [0.2, 0.25) is 0 Å². The fourth-order valence-electron chi connectivity index (χ4n) is 2.04. The Morgan fingerprint density at radius 1 is 1.40 bits per heavy atom. The van der Waals surface area contributed by atoms with E-state index in [-0.39, 0.29) is 22.9 Å². The molecule has 0 bridgehead atoms. The van der Waals surface area contributed by atoms with Crippen LogP contribution in [-0.2, 0) is 0 Å². The quantitative estimate of drug-likeness (QED) is 0.910. The first-order valence-corrected chi connectivity index (χ1v) is 7.14. The lowest BCUT2D eigenvalue weighted by Gasteiger charge is -2.12. The summed E-state index contributed by atoms with van der Waals surface area (Å²) in [5.74, 6) is -0.385. The van der Waals surface area contributed by atoms with Crippen LogP contribution < -0.4 is 10.7 Å². The van der Waals surface area contributed by atoms with Gasteiger partial charge in [-0.1, -0.05) is 0 Å². The Bertz CT molecular complexity index is 703. The van der Waals surface area contributed by atoms with E-state index in [0.717, 1.165) is 21.3 Å². The van der Waals surface area contributed by atoms with Crippen molar-refractivity contribution in [1.29, 1.82) is 0 Å². The van der Waals surface area contributed by atoms with Crippen LogP contribution in [0.15, 0.2) is 17.1 Å². The highest BCUT2D eigenvalue weighted by atomic mass is 32.1. The lowest BCUT2D eigenvalue weighted by Crippen LogP contribution is -2.31. The molecule has 0 aliphatic carbocycles. The highest BCUT2D eigenvalue weighted by Gasteiger charge is 2.18. The number of aromatic nitrogens is 2. The summed E-state index contributed by atoms with van der Waals surface area (Å²) in [6, 6.07) is 1.19. The molecule has 2 rings (SSSR count). The average Bonchev–Trinajstić information content (AvgIpc) is 2.68. The minimum absolute atomic E-state index is 0.118. The molecule has 0 aromatic carbocycles. The first-order valence-electron chi connectivity index (χ1n) is 6.32. The van der Waals surface area contributed by atoms with E-state index in [1.165, 1.54) is 12.3 Å². The zero-order valence-corrected chi connectivity index (χ0v) is 12.7. The summed E-state index contributed by atoms with van der Waals surface area (Å²) in [5.41, 5.74) is 1.42. The molecule has 5 nitrogen and oxygen atoms in total. The van der Waals surface area contributed by atoms with Crippen LogP contribution in [0.1, 0.15) is 44.6 Å². The summed E-state index contributed by atoms with van der Waals surface area (Å²) in [7, 11) is 0. The molecule has 0 saturated heterocycles. The van der Waals surface area contributed by atoms with E-state index in [4.69, 9.17) is 0 Å². The number of thiazole rings is 1. The van der Waals surface area contributed by atoms with Gasteiger partial charge in [0.25, 0.3) is 5.91 Å². The van der Waals surface area contributed by atoms with Crippen LogP contribution in [-0.4, -0.2) is 15.9 Å². The number of nitrogens with zero attached hydrogens (tertiary/aromatic N) is 1. The molecule has 0 aliphatic rings. The minimum Gasteiger partial charge on any atom is -0.364 e. The molecule has 2 aromatic heterocycles. The van der Waals surface area contributed by atoms with Crippen molar-refractivity contribution in [2.45, 2.75) is 33.7 Å². The predicted octanol–water partition coefficient (Wildman–Crippen LogP) is 2.25. The van der Waals surface area contributed by atoms with Crippen LogP contribution >= 0.6 is 11.3 Å². The van der Waals surface area contributed by atoms with Crippen LogP contribution in [0.3, 0.4) is 0 Å². The van der Waals surface area contributed by atoms with Gasteiger partial charge in [-0.3, -0.25) is 9.59 Å². The molecule has 1 atom stereocenters. The largest absolute Gasteiger partial charge is 0.364 e. The second kappa shape index (κ2) is 5.58. The van der Waals surface area contributed by atoms with Crippen LogP contribution in [0.2, 0.25) is 0 Å². The SMILES string of the molecule is Cc1cc(=O)c(C(=O)N[C@H](C)c2nc(C)sc2C)c[nH]1. The van der Waals surface area contributed by atoms with Crippen molar-refractivity contribution in [3.63, 3.8) is 0 Å². The summed E-state index contributed by atoms with van der Waals surface area (Å²) in [5, 5.41) is 3.78. The number of aryl methyl sites for hydroxylation is 3. The molecule has 0 unspecified atom stereocenters. The first-order chi connectivity index (χ1) is 9.38. The number of H-pyrrole nitrogens is 1. The van der Waals surface area contributed by atoms with Crippen molar-refractivity contribution in [2.75, 3.05) is 0 Å². The van der Waals surface area contributed by atoms with Crippen molar-refractivity contribution in [3.8, 4) is 0 Å². The number of aromatic amines is 1. The number of hydrogen-bond acceptors (Lipinski definition) is 4. The maximum Gasteiger partial charge on any atom is 0.257 e. The smallest absolute Gasteiger partial charge is 0.257 e. The summed E-state index contributed by atoms with van der Waals surface area (Å²) in [6.07, 6.45) is 1.44. The zero-order chi connectivity index (χ0) is 14.9. The Hall–Kier alpha value is -1.95. The van der Waals surface area contributed by atoms with E-state index in [2.05, 4.69) is 15.3 Å². The van der Waals surface area contributed by atoms with E-state index in [0.29, 0.717) is 0 Å². The number of amides is 1. The molecule has 6 heteroatoms. The van der Waals surface area contributed by atoms with Gasteiger partial charge in [-0.05, 0) is 27.7 Å². The normalized spacial score (nSPS) is 12.2. The molecule has 2 aromatic rings. The van der Waals surface area contributed by atoms with Crippen molar-refractivity contribution < 1.29 is 4.79 Å². The number of carbonyl (C=O) groups excluding carboxylic acids is 1. The third-order valence-corrected chi connectivity index (χ3v) is 3.90. The Morgan fingerprint density at radius 2 is 2.10 bits per heavy atom. The Labute approximate surface area is 121 Å². The zero-order valence-electron chi connectivity index (χ0n) is 11.9. The fraction of sp³-hybridized carbons (Fsp3) is 0.357. The maximum absolute atomic E-state index is 12.1. The van der Waals surface area contributed by atoms with Gasteiger partial charge >= 0.3 is 0 Å². The molecule has 0 saturated carbocycles. The van der Waals surface area contributed by atoms with E-state index in [1.54, 1.807) is 18.3 Å². The lowest BCUT2D eigenvalue weighted by atomic mass is 10.2. The van der Waals surface area contributed by atoms with Crippen LogP contribution in [0.5, 0.6) is 0 Å². The Kier molecular flexibility index (Phi) is 4.04. The molecule has 0 radical (unpaired) electrons. The van der Waals surface area contributed by atoms with Crippen molar-refractivity contribution in [3.05, 3.63) is 49.3 Å². The van der Waals surface area contributed by atoms with Crippen LogP contribution in [0, 0.1) is 20.8 Å². The van der Waals surface area contributed by atoms with E-state index in [9.17, 15) is 9.59 Å². The lowest BCUT2D eigenvalue weighted by molar-refractivity contribution is 0.0937. The van der Waals surface area contributed by atoms with Crippen molar-refractivity contribution >= 4 is 17.2 Å². The molecule has 1 amide bonds. The topological polar surface area (TPSA) is 74.8 Å². The van der Waals surface area contributed by atoms with E-state index < -0.39 is 0 Å². The average molecular weight is 291 g/mol. The van der Waals surface area contributed by atoms with Gasteiger partial charge < -0.3 is 10.3 Å². The van der Waals surface area contributed by atoms with Gasteiger partial charge in [0.05, 0.1) is 16.7 Å². The maximum atomic E-state index is 12.1. The van der Waals surface area contributed by atoms with Gasteiger partial charge in [0, 0.05) is 22.8 Å². The number of carbonyl (C=O) groups is 1. The Morgan fingerprint density at radius 3 is 2.65 bits per heavy atom. The number of pyridine rings is 1. The molecule has 20 heavy (non-hydrogen) atoms. The molecular weight excluding hydrogens is 274 g/mol. The first kappa shape index (κ1) is 14.5. The predicted molar refractivity (Wildman–Crippen MR) is 79.3 cm³/mol. The summed E-state index contributed by atoms with van der Waals surface area (Å²) in [6.45, 7) is 7.54. The summed E-state index contributed by atoms with van der Waals surface area (Å²) in [4.78, 5) is 32.3. The van der Waals surface area contributed by atoms with Gasteiger partial charge in [0.15, 0.2) is 5.43 Å². The monoisotopic (exact) mass is 291 g/mol. The number of hydrogen-bond donors (Lipinski definition) is 2. The molecule has 2 heterocycles. The molecule has 0 spiro atoms. The highest BCUT2D eigenvalue weighted by Crippen LogP contribution is 2.22. The minimum atomic E-state index is -0.385. The van der Waals surface area contributed by atoms with E-state index in [1.807, 2.05) is 20.8 Å². The van der Waals surface area contributed by atoms with Crippen LogP contribution in [0.4, 0.5) is 0 Å². The summed E-state index contributed by atoms with van der Waals surface area (Å²) >= 11 is 1.60. The second-order valence-electron chi connectivity index (χ2n) is 4.76. The number of nitrogens with one attached hydrogen (secondary N) is 2. The van der Waals surface area contributed by atoms with Gasteiger partial charge in [-0.2, -0.15) is 0 Å². The molecule has 2 N–H and O–H groups in total. The van der Waals surface area contributed by atoms with Crippen molar-refractivity contribution in [2.24, 2.45) is 0 Å². The highest BCUT2D eigenvalue weighted by molar-refractivity contribution is 7.11. The van der Waals surface area contributed by atoms with E-state index >= 15 is 0 Å². The Balaban J connectivity index is 2.19. The van der Waals surface area contributed by atoms with Gasteiger partial charge in [-0.25, -0.2) is 4.98 Å². The molecule has 106 valence electrons. The van der Waals surface area contributed by atoms with Crippen molar-refractivity contribution in [1.82, 2.24) is 15.3 Å². The summed E-state index contributed by atoms with van der Waals surface area (Å²) < 4.78 is 0. The second-order valence-corrected chi connectivity index (χ2v) is 6.17.